The molecule has 0 spiro atoms. The zero-order valence-electron chi connectivity index (χ0n) is 12.8. The first-order valence-corrected chi connectivity index (χ1v) is 9.53. The van der Waals surface area contributed by atoms with E-state index in [0.29, 0.717) is 13.0 Å². The van der Waals surface area contributed by atoms with Crippen LogP contribution >= 0.6 is 0 Å². The van der Waals surface area contributed by atoms with Crippen LogP contribution in [0.2, 0.25) is 0 Å². The van der Waals surface area contributed by atoms with E-state index in [0.717, 1.165) is 18.7 Å². The highest BCUT2D eigenvalue weighted by Gasteiger charge is 2.39. The normalized spacial score (nSPS) is 28.7. The second-order valence-corrected chi connectivity index (χ2v) is 8.55. The minimum atomic E-state index is -3.03. The molecule has 0 radical (unpaired) electrons. The van der Waals surface area contributed by atoms with Crippen molar-refractivity contribution in [2.75, 3.05) is 38.2 Å². The van der Waals surface area contributed by atoms with Crippen molar-refractivity contribution < 1.29 is 13.2 Å². The van der Waals surface area contributed by atoms with E-state index in [9.17, 15) is 13.2 Å². The average molecular weight is 322 g/mol. The van der Waals surface area contributed by atoms with Gasteiger partial charge in [0.25, 0.3) is 0 Å². The van der Waals surface area contributed by atoms with Crippen molar-refractivity contribution in [1.82, 2.24) is 9.80 Å². The van der Waals surface area contributed by atoms with Crippen LogP contribution in [0.5, 0.6) is 0 Å². The minimum Gasteiger partial charge on any atom is -0.333 e. The predicted octanol–water partition coefficient (Wildman–Crippen LogP) is 0.936. The Labute approximate surface area is 131 Å². The maximum absolute atomic E-state index is 12.8. The molecule has 2 atom stereocenters. The van der Waals surface area contributed by atoms with Crippen molar-refractivity contribution in [2.45, 2.75) is 12.5 Å². The molecule has 120 valence electrons. The Morgan fingerprint density at radius 2 is 1.91 bits per heavy atom. The van der Waals surface area contributed by atoms with Crippen LogP contribution in [0.15, 0.2) is 30.3 Å². The highest BCUT2D eigenvalue weighted by molar-refractivity contribution is 7.91. The van der Waals surface area contributed by atoms with Crippen LogP contribution in [-0.4, -0.2) is 62.3 Å². The first-order valence-electron chi connectivity index (χ1n) is 7.71. The van der Waals surface area contributed by atoms with Gasteiger partial charge in [0.05, 0.1) is 23.5 Å². The molecule has 6 heteroatoms. The van der Waals surface area contributed by atoms with Crippen molar-refractivity contribution >= 4 is 15.7 Å². The fourth-order valence-electron chi connectivity index (χ4n) is 3.37. The van der Waals surface area contributed by atoms with E-state index in [1.807, 2.05) is 35.2 Å². The van der Waals surface area contributed by atoms with Gasteiger partial charge in [0.1, 0.15) is 0 Å². The summed E-state index contributed by atoms with van der Waals surface area (Å²) >= 11 is 0. The molecule has 2 fully saturated rings. The van der Waals surface area contributed by atoms with Crippen molar-refractivity contribution in [1.29, 1.82) is 0 Å². The molecule has 3 rings (SSSR count). The van der Waals surface area contributed by atoms with Gasteiger partial charge >= 0.3 is 0 Å². The number of likely N-dealkylation sites (N-methyl/N-ethyl adjacent to an activating group) is 1. The summed E-state index contributed by atoms with van der Waals surface area (Å²) in [6, 6.07) is 10.0. The summed E-state index contributed by atoms with van der Waals surface area (Å²) < 4.78 is 23.3. The molecule has 2 aliphatic rings. The highest BCUT2D eigenvalue weighted by atomic mass is 32.2. The molecule has 2 saturated heterocycles. The van der Waals surface area contributed by atoms with Crippen LogP contribution in [0.25, 0.3) is 0 Å². The smallest absolute Gasteiger partial charge is 0.227 e. The van der Waals surface area contributed by atoms with Crippen LogP contribution in [0.4, 0.5) is 0 Å². The molecule has 1 aromatic rings. The molecule has 0 bridgehead atoms. The van der Waals surface area contributed by atoms with E-state index in [1.165, 1.54) is 0 Å². The lowest BCUT2D eigenvalue weighted by Crippen LogP contribution is -2.51. The maximum atomic E-state index is 12.8. The molecule has 2 aliphatic heterocycles. The fourth-order valence-corrected chi connectivity index (χ4v) is 5.10. The summed E-state index contributed by atoms with van der Waals surface area (Å²) in [5.41, 5.74) is 1.11. The van der Waals surface area contributed by atoms with E-state index < -0.39 is 9.84 Å². The Bertz CT molecular complexity index is 645. The predicted molar refractivity (Wildman–Crippen MR) is 85.2 cm³/mol. The van der Waals surface area contributed by atoms with Crippen molar-refractivity contribution in [2.24, 2.45) is 5.92 Å². The average Bonchev–Trinajstić information content (AvgIpc) is 2.87. The standard InChI is InChI=1S/C16H22N2O3S/c1-17-8-9-18(15(11-17)13-5-3-2-4-6-13)16(19)14-7-10-22(20,21)12-14/h2-6,14-15H,7-12H2,1H3/t14-,15-/m1/s1. The van der Waals surface area contributed by atoms with Crippen LogP contribution in [0.3, 0.4) is 0 Å². The first kappa shape index (κ1) is 15.5. The minimum absolute atomic E-state index is 0.00280. The fraction of sp³-hybridized carbons (Fsp3) is 0.562. The highest BCUT2D eigenvalue weighted by Crippen LogP contribution is 2.29. The van der Waals surface area contributed by atoms with Gasteiger partial charge in [0.2, 0.25) is 5.91 Å². The van der Waals surface area contributed by atoms with E-state index in [-0.39, 0.29) is 29.4 Å². The monoisotopic (exact) mass is 322 g/mol. The molecule has 0 saturated carbocycles. The number of hydrogen-bond acceptors (Lipinski definition) is 4. The van der Waals surface area contributed by atoms with E-state index in [1.54, 1.807) is 0 Å². The quantitative estimate of drug-likeness (QED) is 0.813. The Hall–Kier alpha value is -1.40. The Morgan fingerprint density at radius 1 is 1.18 bits per heavy atom. The van der Waals surface area contributed by atoms with Gasteiger partial charge in [-0.15, -0.1) is 0 Å². The number of sulfone groups is 1. The van der Waals surface area contributed by atoms with E-state index in [4.69, 9.17) is 0 Å². The Balaban J connectivity index is 1.82. The summed E-state index contributed by atoms with van der Waals surface area (Å²) in [6.45, 7) is 2.27. The van der Waals surface area contributed by atoms with Crippen LogP contribution in [0, 0.1) is 5.92 Å². The number of rotatable bonds is 2. The third kappa shape index (κ3) is 3.17. The molecule has 0 unspecified atom stereocenters. The van der Waals surface area contributed by atoms with Crippen LogP contribution in [0.1, 0.15) is 18.0 Å². The van der Waals surface area contributed by atoms with E-state index in [2.05, 4.69) is 11.9 Å². The topological polar surface area (TPSA) is 57.7 Å². The lowest BCUT2D eigenvalue weighted by molar-refractivity contribution is -0.139. The summed E-state index contributed by atoms with van der Waals surface area (Å²) in [5.74, 6) is -0.199. The van der Waals surface area contributed by atoms with Gasteiger partial charge in [-0.05, 0) is 19.0 Å². The molecule has 0 aromatic heterocycles. The Morgan fingerprint density at radius 3 is 2.55 bits per heavy atom. The maximum Gasteiger partial charge on any atom is 0.227 e. The largest absolute Gasteiger partial charge is 0.333 e. The number of carbonyl (C=O) groups is 1. The first-order chi connectivity index (χ1) is 10.5. The lowest BCUT2D eigenvalue weighted by atomic mass is 9.99. The van der Waals surface area contributed by atoms with Gasteiger partial charge in [0, 0.05) is 19.6 Å². The molecule has 0 N–H and O–H groups in total. The van der Waals surface area contributed by atoms with Gasteiger partial charge in [0.15, 0.2) is 9.84 Å². The molecule has 1 aromatic carbocycles. The zero-order chi connectivity index (χ0) is 15.7. The zero-order valence-corrected chi connectivity index (χ0v) is 13.6. The number of hydrogen-bond donors (Lipinski definition) is 0. The van der Waals surface area contributed by atoms with Gasteiger partial charge in [-0.1, -0.05) is 30.3 Å². The number of benzene rings is 1. The molecule has 2 heterocycles. The van der Waals surface area contributed by atoms with Gasteiger partial charge in [-0.3, -0.25) is 4.79 Å². The van der Waals surface area contributed by atoms with Gasteiger partial charge < -0.3 is 9.80 Å². The van der Waals surface area contributed by atoms with Crippen LogP contribution in [-0.2, 0) is 14.6 Å². The second-order valence-electron chi connectivity index (χ2n) is 6.32. The van der Waals surface area contributed by atoms with Crippen molar-refractivity contribution in [3.05, 3.63) is 35.9 Å². The number of carbonyl (C=O) groups excluding carboxylic acids is 1. The van der Waals surface area contributed by atoms with Crippen molar-refractivity contribution in [3.63, 3.8) is 0 Å². The molecule has 22 heavy (non-hydrogen) atoms. The molecular formula is C16H22N2O3S. The molecule has 1 amide bonds. The third-order valence-electron chi connectivity index (χ3n) is 4.63. The SMILES string of the molecule is CN1CCN(C(=O)[C@@H]2CCS(=O)(=O)C2)[C@@H](c2ccccc2)C1. The number of nitrogens with zero attached hydrogens (tertiary/aromatic N) is 2. The lowest BCUT2D eigenvalue weighted by Gasteiger charge is -2.41. The summed E-state index contributed by atoms with van der Waals surface area (Å²) in [5, 5.41) is 0. The summed E-state index contributed by atoms with van der Waals surface area (Å²) in [7, 11) is -0.977. The second kappa shape index (κ2) is 6.01. The third-order valence-corrected chi connectivity index (χ3v) is 6.40. The Kier molecular flexibility index (Phi) is 4.23. The van der Waals surface area contributed by atoms with Crippen molar-refractivity contribution in [3.8, 4) is 0 Å². The van der Waals surface area contributed by atoms with Gasteiger partial charge in [-0.2, -0.15) is 0 Å². The number of amides is 1. The number of piperazine rings is 1. The summed E-state index contributed by atoms with van der Waals surface area (Å²) in [4.78, 5) is 16.9. The molecular weight excluding hydrogens is 300 g/mol. The molecule has 5 nitrogen and oxygen atoms in total. The van der Waals surface area contributed by atoms with Crippen LogP contribution < -0.4 is 0 Å². The molecule has 0 aliphatic carbocycles. The summed E-state index contributed by atoms with van der Waals surface area (Å²) in [6.07, 6.45) is 0.467. The van der Waals surface area contributed by atoms with E-state index >= 15 is 0 Å². The van der Waals surface area contributed by atoms with Gasteiger partial charge in [-0.25, -0.2) is 8.42 Å².